The molecule has 3 aromatic heterocycles. The van der Waals surface area contributed by atoms with Crippen LogP contribution in [-0.2, 0) is 0 Å². The Kier molecular flexibility index (Phi) is 6.44. The van der Waals surface area contributed by atoms with Crippen molar-refractivity contribution in [3.8, 4) is 28.1 Å². The highest BCUT2D eigenvalue weighted by Crippen LogP contribution is 2.46. The molecule has 3 nitrogen and oxygen atoms in total. The van der Waals surface area contributed by atoms with Crippen molar-refractivity contribution >= 4 is 97.7 Å². The van der Waals surface area contributed by atoms with E-state index in [0.29, 0.717) is 0 Å². The molecule has 0 atom stereocenters. The van der Waals surface area contributed by atoms with Gasteiger partial charge in [-0.3, -0.25) is 0 Å². The van der Waals surface area contributed by atoms with Crippen LogP contribution in [0.4, 0.5) is 0 Å². The van der Waals surface area contributed by atoms with Gasteiger partial charge in [0.15, 0.2) is 0 Å². The van der Waals surface area contributed by atoms with E-state index in [4.69, 9.17) is 9.40 Å². The molecule has 268 valence electrons. The van der Waals surface area contributed by atoms with E-state index in [-0.39, 0.29) is 0 Å². The van der Waals surface area contributed by atoms with Crippen LogP contribution in [0.5, 0.6) is 0 Å². The molecule has 10 aromatic carbocycles. The van der Waals surface area contributed by atoms with Gasteiger partial charge in [0.05, 0.1) is 27.9 Å². The summed E-state index contributed by atoms with van der Waals surface area (Å²) in [4.78, 5) is 5.78. The van der Waals surface area contributed by atoms with Crippen LogP contribution < -0.4 is 0 Å². The molecule has 0 amide bonds. The predicted molar refractivity (Wildman–Crippen MR) is 244 cm³/mol. The summed E-state index contributed by atoms with van der Waals surface area (Å²) >= 11 is 0. The molecule has 0 saturated heterocycles. The number of hydrogen-bond acceptors (Lipinski definition) is 2. The summed E-state index contributed by atoms with van der Waals surface area (Å²) in [6.07, 6.45) is 0. The first-order valence-electron chi connectivity index (χ1n) is 19.9. The second-order valence-corrected chi connectivity index (χ2v) is 15.4. The molecular formula is C55H32N2O. The lowest BCUT2D eigenvalue weighted by atomic mass is 9.90. The van der Waals surface area contributed by atoms with Crippen LogP contribution in [0.15, 0.2) is 199 Å². The van der Waals surface area contributed by atoms with Crippen LogP contribution in [0.25, 0.3) is 126 Å². The molecule has 3 heteroatoms. The lowest BCUT2D eigenvalue weighted by Crippen LogP contribution is -1.98. The molecule has 3 heterocycles. The zero-order valence-electron chi connectivity index (χ0n) is 31.3. The largest absolute Gasteiger partial charge is 0.456 e. The predicted octanol–water partition coefficient (Wildman–Crippen LogP) is 15.2. The maximum absolute atomic E-state index is 6.54. The monoisotopic (exact) mass is 736 g/mol. The molecule has 0 aliphatic rings. The van der Waals surface area contributed by atoms with Gasteiger partial charge in [0.2, 0.25) is 0 Å². The molecule has 0 unspecified atom stereocenters. The van der Waals surface area contributed by atoms with Gasteiger partial charge in [-0.1, -0.05) is 152 Å². The van der Waals surface area contributed by atoms with Crippen LogP contribution in [0.3, 0.4) is 0 Å². The minimum Gasteiger partial charge on any atom is -0.456 e. The van der Waals surface area contributed by atoms with Gasteiger partial charge in [0.25, 0.3) is 0 Å². The van der Waals surface area contributed by atoms with Crippen molar-refractivity contribution in [3.05, 3.63) is 194 Å². The highest BCUT2D eigenvalue weighted by Gasteiger charge is 2.22. The van der Waals surface area contributed by atoms with E-state index in [0.717, 1.165) is 71.7 Å². The first-order chi connectivity index (χ1) is 28.8. The molecule has 58 heavy (non-hydrogen) atoms. The number of aromatic nitrogens is 2. The van der Waals surface area contributed by atoms with Crippen molar-refractivity contribution in [1.29, 1.82) is 0 Å². The minimum atomic E-state index is 0.874. The Morgan fingerprint density at radius 3 is 1.60 bits per heavy atom. The SMILES string of the molecule is c1ccc(-n2c3ccccc3c3ccccc32)c(-c2cccc3c2nc(-c2ccc4c5ccccc5c5ccccc5c4c2)c2ccc4oc5ccccc5c4c23)c1. The summed E-state index contributed by atoms with van der Waals surface area (Å²) in [5.41, 5.74) is 10.4. The number of para-hydroxylation sites is 5. The molecule has 0 bridgehead atoms. The van der Waals surface area contributed by atoms with Gasteiger partial charge in [-0.25, -0.2) is 4.98 Å². The van der Waals surface area contributed by atoms with Gasteiger partial charge < -0.3 is 8.98 Å². The lowest BCUT2D eigenvalue weighted by molar-refractivity contribution is 0.669. The van der Waals surface area contributed by atoms with Gasteiger partial charge in [-0.05, 0) is 74.8 Å². The fraction of sp³-hybridized carbons (Fsp3) is 0. The Morgan fingerprint density at radius 1 is 0.345 bits per heavy atom. The van der Waals surface area contributed by atoms with E-state index >= 15 is 0 Å². The molecule has 13 aromatic rings. The summed E-state index contributed by atoms with van der Waals surface area (Å²) in [5.74, 6) is 0. The van der Waals surface area contributed by atoms with Crippen LogP contribution in [0.1, 0.15) is 0 Å². The maximum Gasteiger partial charge on any atom is 0.136 e. The lowest BCUT2D eigenvalue weighted by Gasteiger charge is -2.18. The van der Waals surface area contributed by atoms with Gasteiger partial charge in [-0.2, -0.15) is 0 Å². The van der Waals surface area contributed by atoms with E-state index in [1.54, 1.807) is 0 Å². The van der Waals surface area contributed by atoms with E-state index in [1.165, 1.54) is 54.1 Å². The third kappa shape index (κ3) is 4.30. The second-order valence-electron chi connectivity index (χ2n) is 15.4. The fourth-order valence-electron chi connectivity index (χ4n) is 9.90. The van der Waals surface area contributed by atoms with E-state index in [1.807, 2.05) is 6.07 Å². The zero-order chi connectivity index (χ0) is 37.9. The van der Waals surface area contributed by atoms with Crippen molar-refractivity contribution < 1.29 is 4.42 Å². The van der Waals surface area contributed by atoms with Crippen LogP contribution in [0.2, 0.25) is 0 Å². The highest BCUT2D eigenvalue weighted by atomic mass is 16.3. The van der Waals surface area contributed by atoms with E-state index in [9.17, 15) is 0 Å². The number of furan rings is 1. The molecule has 0 N–H and O–H groups in total. The number of fused-ring (bicyclic) bond motifs is 16. The molecule has 0 radical (unpaired) electrons. The summed E-state index contributed by atoms with van der Waals surface area (Å²) in [6, 6.07) is 70.1. The number of pyridine rings is 1. The standard InChI is InChI=1S/C55H32N2O/c1-2-16-36-34(14-1)35-15-3-4-17-37(35)46-32-33(28-29-38(36)46)54-45-30-31-51-53(43-21-8-12-27-50(43)58-51)52(45)44-23-13-22-42(55(44)56-54)41-20-7-11-26-49(41)57-47-24-9-5-18-39(47)40-19-6-10-25-48(40)57/h1-32H. The summed E-state index contributed by atoms with van der Waals surface area (Å²) < 4.78 is 8.96. The molecule has 13 rings (SSSR count). The molecular weight excluding hydrogens is 705 g/mol. The maximum atomic E-state index is 6.54. The number of rotatable bonds is 3. The smallest absolute Gasteiger partial charge is 0.136 e. The summed E-state index contributed by atoms with van der Waals surface area (Å²) in [5, 5.41) is 15.6. The normalized spacial score (nSPS) is 12.1. The summed E-state index contributed by atoms with van der Waals surface area (Å²) in [7, 11) is 0. The molecule has 0 fully saturated rings. The van der Waals surface area contributed by atoms with Crippen molar-refractivity contribution in [2.24, 2.45) is 0 Å². The number of hydrogen-bond donors (Lipinski definition) is 0. The summed E-state index contributed by atoms with van der Waals surface area (Å²) in [6.45, 7) is 0. The Bertz CT molecular complexity index is 3780. The van der Waals surface area contributed by atoms with Gasteiger partial charge in [0, 0.05) is 54.4 Å². The Morgan fingerprint density at radius 2 is 0.879 bits per heavy atom. The Hall–Kier alpha value is -7.75. The van der Waals surface area contributed by atoms with Gasteiger partial charge in [-0.15, -0.1) is 0 Å². The van der Waals surface area contributed by atoms with Crippen LogP contribution in [-0.4, -0.2) is 9.55 Å². The van der Waals surface area contributed by atoms with E-state index in [2.05, 4.69) is 193 Å². The zero-order valence-corrected chi connectivity index (χ0v) is 31.3. The highest BCUT2D eigenvalue weighted by molar-refractivity contribution is 6.30. The third-order valence-corrected chi connectivity index (χ3v) is 12.4. The number of nitrogens with zero attached hydrogens (tertiary/aromatic N) is 2. The van der Waals surface area contributed by atoms with Crippen molar-refractivity contribution in [1.82, 2.24) is 9.55 Å². The first-order valence-corrected chi connectivity index (χ1v) is 19.9. The van der Waals surface area contributed by atoms with Gasteiger partial charge in [0.1, 0.15) is 11.2 Å². The quantitative estimate of drug-likeness (QED) is 0.169. The van der Waals surface area contributed by atoms with Crippen molar-refractivity contribution in [2.45, 2.75) is 0 Å². The van der Waals surface area contributed by atoms with Crippen LogP contribution >= 0.6 is 0 Å². The number of benzene rings is 10. The van der Waals surface area contributed by atoms with Crippen LogP contribution in [0, 0.1) is 0 Å². The van der Waals surface area contributed by atoms with Crippen molar-refractivity contribution in [3.63, 3.8) is 0 Å². The van der Waals surface area contributed by atoms with Crippen molar-refractivity contribution in [2.75, 3.05) is 0 Å². The Balaban J connectivity index is 1.17. The third-order valence-electron chi connectivity index (χ3n) is 12.4. The molecule has 0 aliphatic carbocycles. The fourth-order valence-corrected chi connectivity index (χ4v) is 9.90. The second kappa shape index (κ2) is 11.9. The Labute approximate surface area is 332 Å². The van der Waals surface area contributed by atoms with Gasteiger partial charge >= 0.3 is 0 Å². The molecule has 0 spiro atoms. The topological polar surface area (TPSA) is 31.0 Å². The molecule has 0 aliphatic heterocycles. The van der Waals surface area contributed by atoms with E-state index < -0.39 is 0 Å². The first kappa shape index (κ1) is 31.5. The average molecular weight is 737 g/mol. The minimum absolute atomic E-state index is 0.874. The molecule has 0 saturated carbocycles. The average Bonchev–Trinajstić information content (AvgIpc) is 3.84.